The van der Waals surface area contributed by atoms with Crippen molar-refractivity contribution in [2.45, 2.75) is 18.6 Å². The Morgan fingerprint density at radius 3 is 2.44 bits per heavy atom. The number of rotatable bonds is 8. The van der Waals surface area contributed by atoms with Crippen LogP contribution in [0.1, 0.15) is 6.92 Å². The Balaban J connectivity index is 1.63. The Hall–Kier alpha value is -3.41. The number of hydrogen-bond acceptors (Lipinski definition) is 8. The van der Waals surface area contributed by atoms with E-state index in [2.05, 4.69) is 16.8 Å². The molecule has 1 aliphatic rings. The molecule has 1 aromatic heterocycles. The molecule has 1 aromatic carbocycles. The molecule has 0 atom stereocenters. The molecule has 11 nitrogen and oxygen atoms in total. The molecule has 32 heavy (non-hydrogen) atoms. The van der Waals surface area contributed by atoms with E-state index in [0.717, 1.165) is 0 Å². The molecular weight excluding hydrogens is 436 g/mol. The van der Waals surface area contributed by atoms with E-state index in [0.29, 0.717) is 55.9 Å². The topological polar surface area (TPSA) is 124 Å². The zero-order valence-corrected chi connectivity index (χ0v) is 18.5. The number of carbonyl (C=O) groups excluding carboxylic acids is 2. The molecule has 2 amide bonds. The van der Waals surface area contributed by atoms with Crippen molar-refractivity contribution in [3.63, 3.8) is 0 Å². The molecule has 0 N–H and O–H groups in total. The van der Waals surface area contributed by atoms with E-state index in [-0.39, 0.29) is 23.4 Å². The largest absolute Gasteiger partial charge is 0.450 e. The highest BCUT2D eigenvalue weighted by Crippen LogP contribution is 2.26. The third kappa shape index (κ3) is 5.44. The second kappa shape index (κ2) is 10.8. The molecule has 0 radical (unpaired) electrons. The van der Waals surface area contributed by atoms with Crippen LogP contribution in [0.5, 0.6) is 0 Å². The number of nitro benzene ring substituents is 1. The van der Waals surface area contributed by atoms with Gasteiger partial charge in [0.25, 0.3) is 5.69 Å². The fraction of sp³-hybridized carbons (Fsp3) is 0.400. The van der Waals surface area contributed by atoms with Gasteiger partial charge in [0.1, 0.15) is 0 Å². The predicted octanol–water partition coefficient (Wildman–Crippen LogP) is 2.43. The van der Waals surface area contributed by atoms with Gasteiger partial charge >= 0.3 is 6.09 Å². The molecule has 0 spiro atoms. The number of aromatic nitrogens is 3. The minimum absolute atomic E-state index is 0.00761. The number of allylic oxidation sites excluding steroid dienone is 1. The summed E-state index contributed by atoms with van der Waals surface area (Å²) in [5, 5.41) is 19.8. The smallest absolute Gasteiger partial charge is 0.409 e. The number of nitrogens with zero attached hydrogens (tertiary/aromatic N) is 6. The fourth-order valence-electron chi connectivity index (χ4n) is 3.21. The summed E-state index contributed by atoms with van der Waals surface area (Å²) in [5.41, 5.74) is 0.671. The van der Waals surface area contributed by atoms with Gasteiger partial charge in [-0.15, -0.1) is 16.8 Å². The second-order valence-corrected chi connectivity index (χ2v) is 7.81. The van der Waals surface area contributed by atoms with Crippen molar-refractivity contribution >= 4 is 29.4 Å². The van der Waals surface area contributed by atoms with Gasteiger partial charge in [0.2, 0.25) is 5.91 Å². The first-order valence-electron chi connectivity index (χ1n) is 10.1. The van der Waals surface area contributed by atoms with Crippen LogP contribution in [0.3, 0.4) is 0 Å². The predicted molar refractivity (Wildman–Crippen MR) is 118 cm³/mol. The Morgan fingerprint density at radius 1 is 1.19 bits per heavy atom. The monoisotopic (exact) mass is 460 g/mol. The number of non-ortho nitro benzene ring substituents is 1. The van der Waals surface area contributed by atoms with E-state index in [4.69, 9.17) is 4.74 Å². The van der Waals surface area contributed by atoms with E-state index in [1.807, 2.05) is 4.57 Å². The summed E-state index contributed by atoms with van der Waals surface area (Å²) < 4.78 is 6.81. The molecule has 1 saturated heterocycles. The van der Waals surface area contributed by atoms with Crippen molar-refractivity contribution in [2.24, 2.45) is 0 Å². The molecule has 170 valence electrons. The number of hydrogen-bond donors (Lipinski definition) is 0. The van der Waals surface area contributed by atoms with Crippen LogP contribution < -0.4 is 0 Å². The van der Waals surface area contributed by atoms with Crippen molar-refractivity contribution in [3.8, 4) is 11.4 Å². The number of carbonyl (C=O) groups is 2. The van der Waals surface area contributed by atoms with Crippen molar-refractivity contribution in [1.29, 1.82) is 0 Å². The third-order valence-corrected chi connectivity index (χ3v) is 5.80. The van der Waals surface area contributed by atoms with Crippen LogP contribution in [0.2, 0.25) is 0 Å². The number of piperazine rings is 1. The van der Waals surface area contributed by atoms with E-state index < -0.39 is 4.92 Å². The summed E-state index contributed by atoms with van der Waals surface area (Å²) in [7, 11) is 0. The Labute approximate surface area is 189 Å². The first kappa shape index (κ1) is 23.3. The van der Waals surface area contributed by atoms with Crippen LogP contribution in [-0.4, -0.2) is 80.0 Å². The summed E-state index contributed by atoms with van der Waals surface area (Å²) >= 11 is 1.26. The summed E-state index contributed by atoms with van der Waals surface area (Å²) in [5.74, 6) is 0.663. The van der Waals surface area contributed by atoms with E-state index in [1.54, 1.807) is 34.9 Å². The molecule has 2 aromatic rings. The quantitative estimate of drug-likeness (QED) is 0.255. The summed E-state index contributed by atoms with van der Waals surface area (Å²) in [6.45, 7) is 8.04. The number of ether oxygens (including phenoxy) is 1. The summed E-state index contributed by atoms with van der Waals surface area (Å²) in [6, 6.07) is 6.05. The van der Waals surface area contributed by atoms with Crippen molar-refractivity contribution in [2.75, 3.05) is 38.5 Å². The maximum absolute atomic E-state index is 12.6. The lowest BCUT2D eigenvalue weighted by molar-refractivity contribution is -0.384. The Kier molecular flexibility index (Phi) is 7.82. The van der Waals surface area contributed by atoms with Crippen LogP contribution in [0.15, 0.2) is 42.1 Å². The Morgan fingerprint density at radius 2 is 1.84 bits per heavy atom. The van der Waals surface area contributed by atoms with Crippen LogP contribution in [0, 0.1) is 10.1 Å². The van der Waals surface area contributed by atoms with Gasteiger partial charge in [-0.25, -0.2) is 4.79 Å². The maximum atomic E-state index is 12.6. The van der Waals surface area contributed by atoms with Crippen molar-refractivity contribution in [1.82, 2.24) is 24.6 Å². The number of benzene rings is 1. The molecule has 3 rings (SSSR count). The lowest BCUT2D eigenvalue weighted by Crippen LogP contribution is -2.51. The van der Waals surface area contributed by atoms with E-state index in [1.165, 1.54) is 23.9 Å². The molecule has 2 heterocycles. The summed E-state index contributed by atoms with van der Waals surface area (Å²) in [4.78, 5) is 38.2. The van der Waals surface area contributed by atoms with Gasteiger partial charge in [-0.05, 0) is 19.1 Å². The number of nitro groups is 1. The van der Waals surface area contributed by atoms with E-state index in [9.17, 15) is 19.7 Å². The number of amides is 2. The molecule has 1 fully saturated rings. The second-order valence-electron chi connectivity index (χ2n) is 6.86. The summed E-state index contributed by atoms with van der Waals surface area (Å²) in [6.07, 6.45) is 1.34. The first-order valence-corrected chi connectivity index (χ1v) is 11.0. The van der Waals surface area contributed by atoms with Gasteiger partial charge in [0.05, 0.1) is 17.3 Å². The van der Waals surface area contributed by atoms with Crippen LogP contribution in [0.25, 0.3) is 11.4 Å². The van der Waals surface area contributed by atoms with Gasteiger partial charge < -0.3 is 14.5 Å². The minimum Gasteiger partial charge on any atom is -0.450 e. The van der Waals surface area contributed by atoms with Crippen LogP contribution in [-0.2, 0) is 16.1 Å². The number of thioether (sulfide) groups is 1. The Bertz CT molecular complexity index is 985. The average Bonchev–Trinajstić information content (AvgIpc) is 3.20. The zero-order chi connectivity index (χ0) is 23.1. The minimum atomic E-state index is -0.461. The standard InChI is InChI=1S/C20H24N6O5S/c1-3-9-25-18(15-5-7-16(8-6-15)26(29)30)21-22-19(25)32-14-17(27)23-10-12-24(13-11-23)20(28)31-4-2/h3,5-8H,1,4,9-14H2,2H3. The third-order valence-electron chi connectivity index (χ3n) is 4.85. The highest BCUT2D eigenvalue weighted by molar-refractivity contribution is 7.99. The van der Waals surface area contributed by atoms with Gasteiger partial charge in [-0.1, -0.05) is 17.8 Å². The van der Waals surface area contributed by atoms with E-state index >= 15 is 0 Å². The van der Waals surface area contributed by atoms with Gasteiger partial charge in [-0.2, -0.15) is 0 Å². The first-order chi connectivity index (χ1) is 15.4. The van der Waals surface area contributed by atoms with Crippen molar-refractivity contribution in [3.05, 3.63) is 47.0 Å². The lowest BCUT2D eigenvalue weighted by atomic mass is 10.2. The molecule has 0 aliphatic carbocycles. The molecule has 12 heteroatoms. The zero-order valence-electron chi connectivity index (χ0n) is 17.7. The molecule has 0 bridgehead atoms. The molecule has 1 aliphatic heterocycles. The highest BCUT2D eigenvalue weighted by atomic mass is 32.2. The van der Waals surface area contributed by atoms with Gasteiger partial charge in [-0.3, -0.25) is 19.5 Å². The average molecular weight is 461 g/mol. The molecule has 0 saturated carbocycles. The molecule has 0 unspecified atom stereocenters. The lowest BCUT2D eigenvalue weighted by Gasteiger charge is -2.34. The highest BCUT2D eigenvalue weighted by Gasteiger charge is 2.25. The SMILES string of the molecule is C=CCn1c(SCC(=O)N2CCN(C(=O)OCC)CC2)nnc1-c1ccc([N+](=O)[O-])cc1. The van der Waals surface area contributed by atoms with Crippen LogP contribution in [0.4, 0.5) is 10.5 Å². The van der Waals surface area contributed by atoms with Gasteiger partial charge in [0, 0.05) is 50.4 Å². The van der Waals surface area contributed by atoms with Crippen LogP contribution >= 0.6 is 11.8 Å². The van der Waals surface area contributed by atoms with Gasteiger partial charge in [0.15, 0.2) is 11.0 Å². The van der Waals surface area contributed by atoms with Crippen molar-refractivity contribution < 1.29 is 19.2 Å². The maximum Gasteiger partial charge on any atom is 0.409 e. The fourth-order valence-corrected chi connectivity index (χ4v) is 4.06. The normalized spacial score (nSPS) is 13.7. The molecular formula is C20H24N6O5S.